The third kappa shape index (κ3) is 5.95. The summed E-state index contributed by atoms with van der Waals surface area (Å²) in [6.45, 7) is 3.81. The summed E-state index contributed by atoms with van der Waals surface area (Å²) in [4.78, 5) is 14.4. The maximum absolute atomic E-state index is 12.2. The minimum Gasteiger partial charge on any atom is -0.352 e. The average Bonchev–Trinajstić information content (AvgIpc) is 2.86. The van der Waals surface area contributed by atoms with E-state index in [1.54, 1.807) is 0 Å². The Morgan fingerprint density at radius 1 is 1.36 bits per heavy atom. The first-order valence-corrected chi connectivity index (χ1v) is 7.83. The van der Waals surface area contributed by atoms with Gasteiger partial charge >= 0.3 is 0 Å². The highest BCUT2D eigenvalue weighted by Crippen LogP contribution is 2.24. The fraction of sp³-hybridized carbons (Fsp3) is 0.588. The predicted molar refractivity (Wildman–Crippen MR) is 92.9 cm³/mol. The van der Waals surface area contributed by atoms with Crippen LogP contribution in [0, 0.1) is 5.92 Å². The van der Waals surface area contributed by atoms with E-state index < -0.39 is 0 Å². The molecule has 22 heavy (non-hydrogen) atoms. The zero-order chi connectivity index (χ0) is 15.2. The minimum absolute atomic E-state index is 0. The van der Waals surface area contributed by atoms with Gasteiger partial charge in [0.05, 0.1) is 0 Å². The van der Waals surface area contributed by atoms with Gasteiger partial charge < -0.3 is 16.0 Å². The van der Waals surface area contributed by atoms with Gasteiger partial charge in [-0.25, -0.2) is 0 Å². The standard InChI is InChI=1S/C17H27N3O.ClH/c1-13(19-17(21)15-8-9-16(18)10-15)11-20(2)12-14-6-4-3-5-7-14;/h3-7,13,15-16H,8-12,18H2,1-2H3,(H,19,21);1H. The lowest BCUT2D eigenvalue weighted by atomic mass is 10.1. The highest BCUT2D eigenvalue weighted by atomic mass is 35.5. The highest BCUT2D eigenvalue weighted by Gasteiger charge is 2.28. The number of nitrogens with one attached hydrogen (secondary N) is 1. The van der Waals surface area contributed by atoms with Crippen molar-refractivity contribution < 1.29 is 4.79 Å². The summed E-state index contributed by atoms with van der Waals surface area (Å²) in [7, 11) is 2.08. The monoisotopic (exact) mass is 325 g/mol. The molecule has 1 saturated carbocycles. The molecule has 1 amide bonds. The third-order valence-corrected chi connectivity index (χ3v) is 4.11. The number of benzene rings is 1. The molecule has 1 aromatic carbocycles. The summed E-state index contributed by atoms with van der Waals surface area (Å²) in [5, 5.41) is 3.12. The largest absolute Gasteiger partial charge is 0.352 e. The zero-order valence-corrected chi connectivity index (χ0v) is 14.3. The van der Waals surface area contributed by atoms with E-state index in [-0.39, 0.29) is 36.3 Å². The molecular weight excluding hydrogens is 298 g/mol. The fourth-order valence-corrected chi connectivity index (χ4v) is 3.09. The first-order valence-electron chi connectivity index (χ1n) is 7.83. The van der Waals surface area contributed by atoms with Crippen molar-refractivity contribution in [3.8, 4) is 0 Å². The lowest BCUT2D eigenvalue weighted by Gasteiger charge is -2.23. The maximum atomic E-state index is 12.2. The summed E-state index contributed by atoms with van der Waals surface area (Å²) in [6.07, 6.45) is 2.73. The van der Waals surface area contributed by atoms with E-state index in [1.165, 1.54) is 5.56 Å². The molecule has 3 atom stereocenters. The molecule has 1 fully saturated rings. The fourth-order valence-electron chi connectivity index (χ4n) is 3.09. The average molecular weight is 326 g/mol. The first-order chi connectivity index (χ1) is 10.0. The number of carbonyl (C=O) groups is 1. The van der Waals surface area contributed by atoms with Crippen LogP contribution < -0.4 is 11.1 Å². The summed E-state index contributed by atoms with van der Waals surface area (Å²) in [6, 6.07) is 10.7. The Balaban J connectivity index is 0.00000242. The quantitative estimate of drug-likeness (QED) is 0.842. The number of hydrogen-bond donors (Lipinski definition) is 2. The van der Waals surface area contributed by atoms with Crippen LogP contribution in [0.5, 0.6) is 0 Å². The SMILES string of the molecule is CC(CN(C)Cc1ccccc1)NC(=O)C1CCC(N)C1.Cl. The van der Waals surface area contributed by atoms with Gasteiger partial charge in [0.1, 0.15) is 0 Å². The van der Waals surface area contributed by atoms with E-state index in [4.69, 9.17) is 5.73 Å². The summed E-state index contributed by atoms with van der Waals surface area (Å²) in [5.41, 5.74) is 7.16. The Bertz CT molecular complexity index is 454. The van der Waals surface area contributed by atoms with Crippen molar-refractivity contribution in [2.24, 2.45) is 11.7 Å². The lowest BCUT2D eigenvalue weighted by molar-refractivity contribution is -0.125. The lowest BCUT2D eigenvalue weighted by Crippen LogP contribution is -2.42. The van der Waals surface area contributed by atoms with E-state index in [0.717, 1.165) is 32.4 Å². The second-order valence-electron chi connectivity index (χ2n) is 6.36. The smallest absolute Gasteiger partial charge is 0.223 e. The molecule has 124 valence electrons. The van der Waals surface area contributed by atoms with E-state index in [9.17, 15) is 4.79 Å². The molecule has 3 unspecified atom stereocenters. The Hall–Kier alpha value is -1.10. The topological polar surface area (TPSA) is 58.4 Å². The molecule has 0 aliphatic heterocycles. The molecule has 0 heterocycles. The molecule has 3 N–H and O–H groups in total. The first kappa shape index (κ1) is 18.9. The molecular formula is C17H28ClN3O. The number of nitrogens with zero attached hydrogens (tertiary/aromatic N) is 1. The van der Waals surface area contributed by atoms with Crippen LogP contribution in [0.1, 0.15) is 31.7 Å². The van der Waals surface area contributed by atoms with Gasteiger partial charge in [0, 0.05) is 31.1 Å². The summed E-state index contributed by atoms with van der Waals surface area (Å²) < 4.78 is 0. The second kappa shape index (κ2) is 9.13. The minimum atomic E-state index is 0. The molecule has 0 saturated heterocycles. The highest BCUT2D eigenvalue weighted by molar-refractivity contribution is 5.85. The molecule has 0 spiro atoms. The van der Waals surface area contributed by atoms with Crippen LogP contribution in [0.2, 0.25) is 0 Å². The van der Waals surface area contributed by atoms with Gasteiger partial charge in [-0.1, -0.05) is 30.3 Å². The molecule has 1 aliphatic carbocycles. The molecule has 1 aromatic rings. The summed E-state index contributed by atoms with van der Waals surface area (Å²) in [5.74, 6) is 0.283. The van der Waals surface area contributed by atoms with E-state index >= 15 is 0 Å². The van der Waals surface area contributed by atoms with Crippen LogP contribution >= 0.6 is 12.4 Å². The molecule has 2 rings (SSSR count). The Kier molecular flexibility index (Phi) is 7.87. The van der Waals surface area contributed by atoms with Crippen molar-refractivity contribution in [3.05, 3.63) is 35.9 Å². The Labute approximate surface area is 139 Å². The number of amides is 1. The molecule has 0 aromatic heterocycles. The molecule has 0 bridgehead atoms. The van der Waals surface area contributed by atoms with Gasteiger partial charge in [-0.2, -0.15) is 0 Å². The third-order valence-electron chi connectivity index (χ3n) is 4.11. The van der Waals surface area contributed by atoms with Gasteiger partial charge in [0.15, 0.2) is 0 Å². The van der Waals surface area contributed by atoms with Crippen LogP contribution in [0.25, 0.3) is 0 Å². The number of nitrogens with two attached hydrogens (primary N) is 1. The van der Waals surface area contributed by atoms with Crippen molar-refractivity contribution in [2.75, 3.05) is 13.6 Å². The van der Waals surface area contributed by atoms with Crippen LogP contribution in [0.3, 0.4) is 0 Å². The number of halogens is 1. The predicted octanol–water partition coefficient (Wildman–Crippen LogP) is 2.17. The van der Waals surface area contributed by atoms with E-state index in [0.29, 0.717) is 0 Å². The number of carbonyl (C=O) groups excluding carboxylic acids is 1. The summed E-state index contributed by atoms with van der Waals surface area (Å²) >= 11 is 0. The Morgan fingerprint density at radius 3 is 2.64 bits per heavy atom. The van der Waals surface area contributed by atoms with Gasteiger partial charge in [0.2, 0.25) is 5.91 Å². The van der Waals surface area contributed by atoms with Crippen molar-refractivity contribution >= 4 is 18.3 Å². The van der Waals surface area contributed by atoms with Crippen LogP contribution in [-0.4, -0.2) is 36.5 Å². The van der Waals surface area contributed by atoms with Crippen LogP contribution in [-0.2, 0) is 11.3 Å². The van der Waals surface area contributed by atoms with Crippen molar-refractivity contribution in [3.63, 3.8) is 0 Å². The number of likely N-dealkylation sites (N-methyl/N-ethyl adjacent to an activating group) is 1. The van der Waals surface area contributed by atoms with Gasteiger partial charge in [-0.3, -0.25) is 4.79 Å². The van der Waals surface area contributed by atoms with E-state index in [2.05, 4.69) is 48.5 Å². The van der Waals surface area contributed by atoms with E-state index in [1.807, 2.05) is 6.07 Å². The van der Waals surface area contributed by atoms with Crippen molar-refractivity contribution in [1.29, 1.82) is 0 Å². The van der Waals surface area contributed by atoms with Crippen LogP contribution in [0.4, 0.5) is 0 Å². The Morgan fingerprint density at radius 2 is 2.05 bits per heavy atom. The maximum Gasteiger partial charge on any atom is 0.223 e. The van der Waals surface area contributed by atoms with Gasteiger partial charge in [-0.15, -0.1) is 12.4 Å². The van der Waals surface area contributed by atoms with Crippen molar-refractivity contribution in [1.82, 2.24) is 10.2 Å². The normalized spacial score (nSPS) is 22.2. The number of hydrogen-bond acceptors (Lipinski definition) is 3. The second-order valence-corrected chi connectivity index (χ2v) is 6.36. The molecule has 1 aliphatic rings. The van der Waals surface area contributed by atoms with Gasteiger partial charge in [0.25, 0.3) is 0 Å². The van der Waals surface area contributed by atoms with Crippen LogP contribution in [0.15, 0.2) is 30.3 Å². The number of rotatable bonds is 6. The zero-order valence-electron chi connectivity index (χ0n) is 13.5. The molecule has 4 nitrogen and oxygen atoms in total. The van der Waals surface area contributed by atoms with Crippen molar-refractivity contribution in [2.45, 2.75) is 44.8 Å². The molecule has 0 radical (unpaired) electrons. The molecule has 5 heteroatoms. The van der Waals surface area contributed by atoms with Gasteiger partial charge in [-0.05, 0) is 38.8 Å².